The van der Waals surface area contributed by atoms with Crippen molar-refractivity contribution < 1.29 is 13.2 Å². The maximum Gasteiger partial charge on any atom is 0.194 e. The van der Waals surface area contributed by atoms with Crippen molar-refractivity contribution in [1.82, 2.24) is 5.32 Å². The molecule has 0 saturated carbocycles. The van der Waals surface area contributed by atoms with E-state index in [0.717, 1.165) is 37.2 Å². The Bertz CT molecular complexity index is 556. The molecule has 0 radical (unpaired) electrons. The molecule has 0 amide bonds. The molecule has 2 aromatic carbocycles. The monoisotopic (exact) mass is 279 g/mol. The Kier molecular flexibility index (Phi) is 4.79. The minimum atomic E-state index is -1.44. The summed E-state index contributed by atoms with van der Waals surface area (Å²) in [7, 11) is 0. The lowest BCUT2D eigenvalue weighted by Crippen LogP contribution is -2.13. The van der Waals surface area contributed by atoms with Gasteiger partial charge in [-0.2, -0.15) is 0 Å². The molecule has 0 bridgehead atoms. The second-order valence-electron chi connectivity index (χ2n) is 4.63. The molecule has 0 heterocycles. The van der Waals surface area contributed by atoms with Crippen molar-refractivity contribution in [3.8, 4) is 11.1 Å². The van der Waals surface area contributed by atoms with E-state index in [0.29, 0.717) is 11.1 Å². The van der Waals surface area contributed by atoms with Crippen LogP contribution in [-0.2, 0) is 6.54 Å². The van der Waals surface area contributed by atoms with Gasteiger partial charge in [0.1, 0.15) is 0 Å². The molecule has 0 fully saturated rings. The molecule has 1 N–H and O–H groups in total. The van der Waals surface area contributed by atoms with E-state index in [9.17, 15) is 13.2 Å². The third kappa shape index (κ3) is 3.39. The van der Waals surface area contributed by atoms with Gasteiger partial charge in [-0.15, -0.1) is 0 Å². The van der Waals surface area contributed by atoms with Gasteiger partial charge in [0.2, 0.25) is 0 Å². The fourth-order valence-corrected chi connectivity index (χ4v) is 1.95. The Hall–Kier alpha value is -1.81. The lowest BCUT2D eigenvalue weighted by atomic mass is 10.0. The van der Waals surface area contributed by atoms with Crippen molar-refractivity contribution in [1.29, 1.82) is 0 Å². The van der Waals surface area contributed by atoms with Crippen LogP contribution in [0.5, 0.6) is 0 Å². The van der Waals surface area contributed by atoms with Crippen LogP contribution in [0.3, 0.4) is 0 Å². The summed E-state index contributed by atoms with van der Waals surface area (Å²) in [6.07, 6.45) is 1.06. The second kappa shape index (κ2) is 6.57. The molecule has 0 aliphatic carbocycles. The van der Waals surface area contributed by atoms with Gasteiger partial charge in [0.25, 0.3) is 0 Å². The number of benzene rings is 2. The number of rotatable bonds is 5. The van der Waals surface area contributed by atoms with Crippen molar-refractivity contribution in [3.05, 3.63) is 59.4 Å². The van der Waals surface area contributed by atoms with Gasteiger partial charge in [-0.05, 0) is 41.8 Å². The van der Waals surface area contributed by atoms with Crippen LogP contribution in [0.1, 0.15) is 18.9 Å². The summed E-state index contributed by atoms with van der Waals surface area (Å²) in [6, 6.07) is 9.32. The van der Waals surface area contributed by atoms with Crippen LogP contribution in [0.25, 0.3) is 11.1 Å². The van der Waals surface area contributed by atoms with Crippen LogP contribution in [-0.4, -0.2) is 6.54 Å². The molecule has 0 unspecified atom stereocenters. The average molecular weight is 279 g/mol. The molecular weight excluding hydrogens is 263 g/mol. The third-order valence-corrected chi connectivity index (χ3v) is 3.03. The van der Waals surface area contributed by atoms with Crippen LogP contribution in [0.15, 0.2) is 36.4 Å². The zero-order valence-electron chi connectivity index (χ0n) is 11.2. The standard InChI is InChI=1S/C16H16F3N/c1-2-7-20-10-11-3-5-12(6-4-11)13-8-14(17)16(19)15(18)9-13/h3-6,8-9,20H,2,7,10H2,1H3. The first kappa shape index (κ1) is 14.6. The van der Waals surface area contributed by atoms with E-state index in [4.69, 9.17) is 0 Å². The molecule has 0 spiro atoms. The van der Waals surface area contributed by atoms with Crippen molar-refractivity contribution >= 4 is 0 Å². The first-order chi connectivity index (χ1) is 9.61. The first-order valence-corrected chi connectivity index (χ1v) is 6.56. The molecule has 2 rings (SSSR count). The molecule has 0 aromatic heterocycles. The lowest BCUT2D eigenvalue weighted by Gasteiger charge is -2.06. The molecule has 0 atom stereocenters. The molecule has 2 aromatic rings. The van der Waals surface area contributed by atoms with Crippen LogP contribution < -0.4 is 5.32 Å². The van der Waals surface area contributed by atoms with Crippen LogP contribution in [0.4, 0.5) is 13.2 Å². The topological polar surface area (TPSA) is 12.0 Å². The van der Waals surface area contributed by atoms with Gasteiger partial charge < -0.3 is 5.32 Å². The number of nitrogens with one attached hydrogen (secondary N) is 1. The summed E-state index contributed by atoms with van der Waals surface area (Å²) >= 11 is 0. The van der Waals surface area contributed by atoms with E-state index < -0.39 is 17.5 Å². The summed E-state index contributed by atoms with van der Waals surface area (Å²) in [5.74, 6) is -3.78. The average Bonchev–Trinajstić information content (AvgIpc) is 2.45. The Balaban J connectivity index is 2.17. The molecular formula is C16H16F3N. The normalized spacial score (nSPS) is 10.8. The zero-order chi connectivity index (χ0) is 14.5. The van der Waals surface area contributed by atoms with E-state index in [1.807, 2.05) is 12.1 Å². The maximum absolute atomic E-state index is 13.2. The minimum Gasteiger partial charge on any atom is -0.313 e. The van der Waals surface area contributed by atoms with Crippen molar-refractivity contribution in [2.24, 2.45) is 0 Å². The largest absolute Gasteiger partial charge is 0.313 e. The van der Waals surface area contributed by atoms with Gasteiger partial charge in [0, 0.05) is 6.54 Å². The first-order valence-electron chi connectivity index (χ1n) is 6.56. The third-order valence-electron chi connectivity index (χ3n) is 3.03. The Labute approximate surface area is 116 Å². The number of hydrogen-bond acceptors (Lipinski definition) is 1. The summed E-state index contributed by atoms with van der Waals surface area (Å²) in [5, 5.41) is 3.27. The van der Waals surface area contributed by atoms with Gasteiger partial charge in [-0.3, -0.25) is 0 Å². The maximum atomic E-state index is 13.2. The second-order valence-corrected chi connectivity index (χ2v) is 4.63. The van der Waals surface area contributed by atoms with E-state index in [-0.39, 0.29) is 0 Å². The zero-order valence-corrected chi connectivity index (χ0v) is 11.2. The SMILES string of the molecule is CCCNCc1ccc(-c2cc(F)c(F)c(F)c2)cc1. The predicted octanol–water partition coefficient (Wildman–Crippen LogP) is 4.27. The van der Waals surface area contributed by atoms with E-state index in [1.165, 1.54) is 0 Å². The van der Waals surface area contributed by atoms with Gasteiger partial charge in [0.05, 0.1) is 0 Å². The van der Waals surface area contributed by atoms with Crippen LogP contribution in [0.2, 0.25) is 0 Å². The predicted molar refractivity (Wildman–Crippen MR) is 73.7 cm³/mol. The molecule has 1 nitrogen and oxygen atoms in total. The molecule has 106 valence electrons. The molecule has 4 heteroatoms. The highest BCUT2D eigenvalue weighted by atomic mass is 19.2. The van der Waals surface area contributed by atoms with Crippen LogP contribution in [0, 0.1) is 17.5 Å². The van der Waals surface area contributed by atoms with Gasteiger partial charge >= 0.3 is 0 Å². The van der Waals surface area contributed by atoms with Crippen LogP contribution >= 0.6 is 0 Å². The number of hydrogen-bond donors (Lipinski definition) is 1. The highest BCUT2D eigenvalue weighted by Gasteiger charge is 2.11. The summed E-state index contributed by atoms with van der Waals surface area (Å²) < 4.78 is 39.3. The Morgan fingerprint density at radius 2 is 1.50 bits per heavy atom. The number of halogens is 3. The Morgan fingerprint density at radius 3 is 2.05 bits per heavy atom. The molecule has 0 aliphatic heterocycles. The molecule has 0 saturated heterocycles. The smallest absolute Gasteiger partial charge is 0.194 e. The lowest BCUT2D eigenvalue weighted by molar-refractivity contribution is 0.448. The Morgan fingerprint density at radius 1 is 0.900 bits per heavy atom. The summed E-state index contributed by atoms with van der Waals surface area (Å²) in [6.45, 7) is 3.78. The quantitative estimate of drug-likeness (QED) is 0.636. The van der Waals surface area contributed by atoms with Gasteiger partial charge in [-0.1, -0.05) is 31.2 Å². The molecule has 20 heavy (non-hydrogen) atoms. The fraction of sp³-hybridized carbons (Fsp3) is 0.250. The minimum absolute atomic E-state index is 0.328. The highest BCUT2D eigenvalue weighted by molar-refractivity contribution is 5.63. The van der Waals surface area contributed by atoms with Crippen molar-refractivity contribution in [2.75, 3.05) is 6.54 Å². The van der Waals surface area contributed by atoms with Gasteiger partial charge in [-0.25, -0.2) is 13.2 Å². The fourth-order valence-electron chi connectivity index (χ4n) is 1.95. The van der Waals surface area contributed by atoms with Crippen molar-refractivity contribution in [3.63, 3.8) is 0 Å². The van der Waals surface area contributed by atoms with Crippen molar-refractivity contribution in [2.45, 2.75) is 19.9 Å². The van der Waals surface area contributed by atoms with Gasteiger partial charge in [0.15, 0.2) is 17.5 Å². The van der Waals surface area contributed by atoms with E-state index in [1.54, 1.807) is 12.1 Å². The summed E-state index contributed by atoms with van der Waals surface area (Å²) in [5.41, 5.74) is 2.07. The van der Waals surface area contributed by atoms with E-state index in [2.05, 4.69) is 12.2 Å². The highest BCUT2D eigenvalue weighted by Crippen LogP contribution is 2.24. The van der Waals surface area contributed by atoms with E-state index >= 15 is 0 Å². The molecule has 0 aliphatic rings. The summed E-state index contributed by atoms with van der Waals surface area (Å²) in [4.78, 5) is 0.